The van der Waals surface area contributed by atoms with Gasteiger partial charge in [-0.3, -0.25) is 9.59 Å². The first-order valence-electron chi connectivity index (χ1n) is 10.2. The molecule has 1 heterocycles. The number of nitrogens with one attached hydrogen (secondary N) is 1. The van der Waals surface area contributed by atoms with Crippen molar-refractivity contribution in [2.75, 3.05) is 20.2 Å². The number of sulfonamides is 1. The van der Waals surface area contributed by atoms with Gasteiger partial charge in [0.2, 0.25) is 15.9 Å². The Morgan fingerprint density at radius 3 is 2.32 bits per heavy atom. The number of Topliss-reactive ketones (excluding diaryl/α,β-unsaturated/α-hetero) is 1. The van der Waals surface area contributed by atoms with Crippen LogP contribution < -0.4 is 10.1 Å². The molecule has 0 aliphatic carbocycles. The third kappa shape index (κ3) is 5.14. The van der Waals surface area contributed by atoms with Gasteiger partial charge in [0.25, 0.3) is 0 Å². The largest absolute Gasteiger partial charge is 0.497 e. The Kier molecular flexibility index (Phi) is 6.81. The zero-order valence-electron chi connectivity index (χ0n) is 18.1. The maximum Gasteiger partial charge on any atom is 0.243 e. The van der Waals surface area contributed by atoms with Crippen LogP contribution in [0.3, 0.4) is 0 Å². The minimum Gasteiger partial charge on any atom is -0.497 e. The summed E-state index contributed by atoms with van der Waals surface area (Å²) in [5.41, 5.74) is 0.570. The SMILES string of the molecule is COc1ccc(CNC(=O)[C@]2(C)CCCN(S(=O)(=O)c3ccc(C(C)=O)cc3)C2)cc1. The maximum absolute atomic E-state index is 13.1. The van der Waals surface area contributed by atoms with Crippen molar-refractivity contribution < 1.29 is 22.7 Å². The summed E-state index contributed by atoms with van der Waals surface area (Å²) in [5.74, 6) is 0.449. The molecule has 0 bridgehead atoms. The van der Waals surface area contributed by atoms with E-state index in [1.165, 1.54) is 35.5 Å². The highest BCUT2D eigenvalue weighted by Gasteiger charge is 2.41. The Balaban J connectivity index is 1.69. The van der Waals surface area contributed by atoms with Crippen molar-refractivity contribution >= 4 is 21.7 Å². The predicted octanol–water partition coefficient (Wildman–Crippen LogP) is 3.01. The second-order valence-corrected chi connectivity index (χ2v) is 10.1. The van der Waals surface area contributed by atoms with Gasteiger partial charge in [-0.05, 0) is 56.5 Å². The Hall–Kier alpha value is -2.71. The van der Waals surface area contributed by atoms with E-state index in [0.29, 0.717) is 31.5 Å². The van der Waals surface area contributed by atoms with E-state index in [1.807, 2.05) is 24.3 Å². The number of rotatable bonds is 7. The van der Waals surface area contributed by atoms with Crippen LogP contribution in [0.4, 0.5) is 0 Å². The number of benzene rings is 2. The van der Waals surface area contributed by atoms with Gasteiger partial charge in [0.1, 0.15) is 5.75 Å². The molecule has 31 heavy (non-hydrogen) atoms. The van der Waals surface area contributed by atoms with Gasteiger partial charge in [0.15, 0.2) is 5.78 Å². The van der Waals surface area contributed by atoms with Gasteiger partial charge in [-0.25, -0.2) is 8.42 Å². The molecule has 1 saturated heterocycles. The second-order valence-electron chi connectivity index (χ2n) is 8.11. The molecule has 166 valence electrons. The Morgan fingerprint density at radius 1 is 1.10 bits per heavy atom. The summed E-state index contributed by atoms with van der Waals surface area (Å²) in [5, 5.41) is 2.94. The number of hydrogen-bond acceptors (Lipinski definition) is 5. The van der Waals surface area contributed by atoms with Crippen LogP contribution in [0.25, 0.3) is 0 Å². The van der Waals surface area contributed by atoms with E-state index in [4.69, 9.17) is 4.74 Å². The molecule has 2 aromatic rings. The first-order valence-corrected chi connectivity index (χ1v) is 11.6. The molecule has 0 saturated carbocycles. The third-order valence-electron chi connectivity index (χ3n) is 5.72. The highest BCUT2D eigenvalue weighted by molar-refractivity contribution is 7.89. The maximum atomic E-state index is 13.1. The van der Waals surface area contributed by atoms with Gasteiger partial charge in [-0.2, -0.15) is 4.31 Å². The average molecular weight is 445 g/mol. The average Bonchev–Trinajstić information content (AvgIpc) is 2.77. The molecule has 0 radical (unpaired) electrons. The first kappa shape index (κ1) is 23.0. The summed E-state index contributed by atoms with van der Waals surface area (Å²) < 4.78 is 32.7. The van der Waals surface area contributed by atoms with Crippen molar-refractivity contribution in [2.45, 2.75) is 38.1 Å². The molecule has 1 amide bonds. The van der Waals surface area contributed by atoms with E-state index < -0.39 is 15.4 Å². The van der Waals surface area contributed by atoms with Gasteiger partial charge in [0, 0.05) is 25.2 Å². The fraction of sp³-hybridized carbons (Fsp3) is 0.391. The molecule has 1 fully saturated rings. The molecule has 7 nitrogen and oxygen atoms in total. The minimum absolute atomic E-state index is 0.109. The van der Waals surface area contributed by atoms with Crippen LogP contribution in [0, 0.1) is 5.41 Å². The highest BCUT2D eigenvalue weighted by atomic mass is 32.2. The molecule has 1 aliphatic heterocycles. The van der Waals surface area contributed by atoms with Gasteiger partial charge in [0.05, 0.1) is 17.4 Å². The van der Waals surface area contributed by atoms with Crippen LogP contribution in [0.5, 0.6) is 5.75 Å². The van der Waals surface area contributed by atoms with Crippen LogP contribution in [0.15, 0.2) is 53.4 Å². The molecular weight excluding hydrogens is 416 g/mol. The Bertz CT molecular complexity index is 1050. The van der Waals surface area contributed by atoms with E-state index in [2.05, 4.69) is 5.32 Å². The molecule has 1 atom stereocenters. The highest BCUT2D eigenvalue weighted by Crippen LogP contribution is 2.33. The number of ether oxygens (including phenoxy) is 1. The molecular formula is C23H28N2O5S. The van der Waals surface area contributed by atoms with Crippen molar-refractivity contribution in [2.24, 2.45) is 5.41 Å². The summed E-state index contributed by atoms with van der Waals surface area (Å²) >= 11 is 0. The summed E-state index contributed by atoms with van der Waals surface area (Å²) in [6.07, 6.45) is 1.20. The van der Waals surface area contributed by atoms with E-state index >= 15 is 0 Å². The van der Waals surface area contributed by atoms with Gasteiger partial charge in [-0.15, -0.1) is 0 Å². The van der Waals surface area contributed by atoms with Gasteiger partial charge in [-0.1, -0.05) is 24.3 Å². The zero-order chi connectivity index (χ0) is 22.6. The number of carbonyl (C=O) groups is 2. The lowest BCUT2D eigenvalue weighted by molar-refractivity contribution is -0.132. The molecule has 0 aromatic heterocycles. The van der Waals surface area contributed by atoms with Crippen molar-refractivity contribution in [3.05, 3.63) is 59.7 Å². The quantitative estimate of drug-likeness (QED) is 0.663. The fourth-order valence-corrected chi connectivity index (χ4v) is 5.34. The van der Waals surface area contributed by atoms with E-state index in [-0.39, 0.29) is 23.1 Å². The predicted molar refractivity (Wildman–Crippen MR) is 117 cm³/mol. The number of nitrogens with zero attached hydrogens (tertiary/aromatic N) is 1. The molecule has 1 aliphatic rings. The Labute approximate surface area is 183 Å². The lowest BCUT2D eigenvalue weighted by Gasteiger charge is -2.38. The topological polar surface area (TPSA) is 92.8 Å². The second kappa shape index (κ2) is 9.20. The normalized spacial score (nSPS) is 19.6. The number of carbonyl (C=O) groups excluding carboxylic acids is 2. The van der Waals surface area contributed by atoms with Crippen molar-refractivity contribution in [1.29, 1.82) is 0 Å². The first-order chi connectivity index (χ1) is 14.7. The number of amides is 1. The van der Waals surface area contributed by atoms with Crippen LogP contribution in [-0.2, 0) is 21.4 Å². The van der Waals surface area contributed by atoms with E-state index in [9.17, 15) is 18.0 Å². The summed E-state index contributed by atoms with van der Waals surface area (Å²) in [6.45, 7) is 4.06. The summed E-state index contributed by atoms with van der Waals surface area (Å²) in [6, 6.07) is 13.3. The van der Waals surface area contributed by atoms with Gasteiger partial charge >= 0.3 is 0 Å². The lowest BCUT2D eigenvalue weighted by atomic mass is 9.82. The van der Waals surface area contributed by atoms with Crippen LogP contribution >= 0.6 is 0 Å². The minimum atomic E-state index is -3.76. The number of ketones is 1. The third-order valence-corrected chi connectivity index (χ3v) is 7.58. The Morgan fingerprint density at radius 2 is 1.74 bits per heavy atom. The number of piperidine rings is 1. The van der Waals surface area contributed by atoms with Crippen molar-refractivity contribution in [3.8, 4) is 5.75 Å². The van der Waals surface area contributed by atoms with Crippen molar-refractivity contribution in [3.63, 3.8) is 0 Å². The molecule has 3 rings (SSSR count). The number of hydrogen-bond donors (Lipinski definition) is 1. The van der Waals surface area contributed by atoms with Crippen LogP contribution in [-0.4, -0.2) is 44.6 Å². The molecule has 0 unspecified atom stereocenters. The standard InChI is InChI=1S/C23H28N2O5S/c1-17(26)19-7-11-21(12-8-19)31(28,29)25-14-4-13-23(2,16-25)22(27)24-15-18-5-9-20(30-3)10-6-18/h5-12H,4,13-16H2,1-3H3,(H,24,27)/t23-/m1/s1. The fourth-order valence-electron chi connectivity index (χ4n) is 3.73. The smallest absolute Gasteiger partial charge is 0.243 e. The van der Waals surface area contributed by atoms with E-state index in [1.54, 1.807) is 14.0 Å². The molecule has 2 aromatic carbocycles. The van der Waals surface area contributed by atoms with Crippen LogP contribution in [0.1, 0.15) is 42.6 Å². The lowest BCUT2D eigenvalue weighted by Crippen LogP contribution is -2.51. The molecule has 0 spiro atoms. The molecule has 8 heteroatoms. The number of methoxy groups -OCH3 is 1. The monoisotopic (exact) mass is 444 g/mol. The van der Waals surface area contributed by atoms with Crippen LogP contribution in [0.2, 0.25) is 0 Å². The van der Waals surface area contributed by atoms with Gasteiger partial charge < -0.3 is 10.1 Å². The zero-order valence-corrected chi connectivity index (χ0v) is 18.9. The summed E-state index contributed by atoms with van der Waals surface area (Å²) in [4.78, 5) is 24.5. The summed E-state index contributed by atoms with van der Waals surface area (Å²) in [7, 11) is -2.16. The molecule has 1 N–H and O–H groups in total. The van der Waals surface area contributed by atoms with Crippen molar-refractivity contribution in [1.82, 2.24) is 9.62 Å². The van der Waals surface area contributed by atoms with E-state index in [0.717, 1.165) is 11.3 Å².